The molecule has 2 rings (SSSR count). The van der Waals surface area contributed by atoms with Gasteiger partial charge in [0.1, 0.15) is 5.82 Å². The van der Waals surface area contributed by atoms with E-state index < -0.39 is 0 Å². The van der Waals surface area contributed by atoms with E-state index in [4.69, 9.17) is 0 Å². The quantitative estimate of drug-likeness (QED) is 0.716. The van der Waals surface area contributed by atoms with E-state index >= 15 is 0 Å². The number of hydrogen-bond donors (Lipinski definition) is 0. The minimum Gasteiger partial charge on any atom is -0.294 e. The van der Waals surface area contributed by atoms with Gasteiger partial charge in [-0.25, -0.2) is 9.97 Å². The summed E-state index contributed by atoms with van der Waals surface area (Å²) in [6, 6.07) is 0. The predicted molar refractivity (Wildman–Crippen MR) is 62.5 cm³/mol. The Hall–Kier alpha value is -1.25. The minimum atomic E-state index is 0.212. The Kier molecular flexibility index (Phi) is 3.32. The van der Waals surface area contributed by atoms with Crippen molar-refractivity contribution >= 4 is 5.78 Å². The van der Waals surface area contributed by atoms with Crippen LogP contribution < -0.4 is 0 Å². The van der Waals surface area contributed by atoms with Crippen molar-refractivity contribution in [3.63, 3.8) is 0 Å². The van der Waals surface area contributed by atoms with Crippen LogP contribution in [0, 0.1) is 5.92 Å². The first kappa shape index (κ1) is 11.2. The topological polar surface area (TPSA) is 42.9 Å². The zero-order chi connectivity index (χ0) is 11.5. The largest absolute Gasteiger partial charge is 0.294 e. The summed E-state index contributed by atoms with van der Waals surface area (Å²) >= 11 is 0. The number of hydrogen-bond acceptors (Lipinski definition) is 3. The Balaban J connectivity index is 2.30. The third-order valence-corrected chi connectivity index (χ3v) is 2.88. The maximum absolute atomic E-state index is 11.8. The van der Waals surface area contributed by atoms with Gasteiger partial charge in [-0.3, -0.25) is 4.79 Å². The van der Waals surface area contributed by atoms with Gasteiger partial charge < -0.3 is 0 Å². The van der Waals surface area contributed by atoms with Crippen LogP contribution in [0.15, 0.2) is 6.20 Å². The van der Waals surface area contributed by atoms with Crippen LogP contribution in [0.5, 0.6) is 0 Å². The molecule has 1 aromatic heterocycles. The molecule has 0 fully saturated rings. The van der Waals surface area contributed by atoms with Gasteiger partial charge in [-0.05, 0) is 25.2 Å². The lowest BCUT2D eigenvalue weighted by Gasteiger charge is -2.07. The molecule has 0 saturated carbocycles. The fourth-order valence-corrected chi connectivity index (χ4v) is 2.06. The zero-order valence-corrected chi connectivity index (χ0v) is 9.99. The van der Waals surface area contributed by atoms with Gasteiger partial charge in [-0.1, -0.05) is 13.8 Å². The van der Waals surface area contributed by atoms with Crippen LogP contribution in [0.4, 0.5) is 0 Å². The Morgan fingerprint density at radius 1 is 1.31 bits per heavy atom. The van der Waals surface area contributed by atoms with E-state index in [0.717, 1.165) is 42.8 Å². The van der Waals surface area contributed by atoms with Crippen molar-refractivity contribution in [1.29, 1.82) is 0 Å². The van der Waals surface area contributed by atoms with Crippen LogP contribution in [0.25, 0.3) is 0 Å². The maximum atomic E-state index is 11.8. The third kappa shape index (κ3) is 2.46. The molecule has 0 atom stereocenters. The SMILES string of the molecule is CC(C)Cc1ncc2c(n1)CCCCC2=O. The number of aromatic nitrogens is 2. The average molecular weight is 218 g/mol. The molecule has 0 spiro atoms. The molecule has 1 aromatic rings. The highest BCUT2D eigenvalue weighted by molar-refractivity contribution is 5.97. The van der Waals surface area contributed by atoms with Crippen LogP contribution in [0.3, 0.4) is 0 Å². The Morgan fingerprint density at radius 2 is 2.06 bits per heavy atom. The number of aryl methyl sites for hydroxylation is 1. The lowest BCUT2D eigenvalue weighted by molar-refractivity contribution is 0.0981. The summed E-state index contributed by atoms with van der Waals surface area (Å²) in [6.45, 7) is 4.31. The molecule has 16 heavy (non-hydrogen) atoms. The summed E-state index contributed by atoms with van der Waals surface area (Å²) in [4.78, 5) is 20.6. The van der Waals surface area contributed by atoms with E-state index in [-0.39, 0.29) is 5.78 Å². The molecule has 1 heterocycles. The first-order valence-electron chi connectivity index (χ1n) is 6.05. The molecule has 1 aliphatic rings. The van der Waals surface area contributed by atoms with Crippen LogP contribution in [-0.4, -0.2) is 15.8 Å². The molecule has 0 saturated heterocycles. The van der Waals surface area contributed by atoms with Crippen molar-refractivity contribution in [2.45, 2.75) is 46.0 Å². The fraction of sp³-hybridized carbons (Fsp3) is 0.615. The highest BCUT2D eigenvalue weighted by Crippen LogP contribution is 2.18. The first-order valence-corrected chi connectivity index (χ1v) is 6.05. The average Bonchev–Trinajstić information content (AvgIpc) is 2.40. The monoisotopic (exact) mass is 218 g/mol. The molecule has 3 heteroatoms. The number of carbonyl (C=O) groups is 1. The molecule has 0 aromatic carbocycles. The molecule has 1 aliphatic carbocycles. The number of nitrogens with zero attached hydrogens (tertiary/aromatic N) is 2. The smallest absolute Gasteiger partial charge is 0.166 e. The van der Waals surface area contributed by atoms with E-state index in [0.29, 0.717) is 12.3 Å². The number of fused-ring (bicyclic) bond motifs is 1. The molecule has 0 amide bonds. The summed E-state index contributed by atoms with van der Waals surface area (Å²) in [7, 11) is 0. The van der Waals surface area contributed by atoms with E-state index in [1.807, 2.05) is 0 Å². The van der Waals surface area contributed by atoms with Crippen molar-refractivity contribution in [3.8, 4) is 0 Å². The van der Waals surface area contributed by atoms with E-state index in [9.17, 15) is 4.79 Å². The lowest BCUT2D eigenvalue weighted by Crippen LogP contribution is -2.08. The number of carbonyl (C=O) groups excluding carboxylic acids is 1. The Bertz CT molecular complexity index is 399. The fourth-order valence-electron chi connectivity index (χ4n) is 2.06. The number of rotatable bonds is 2. The van der Waals surface area contributed by atoms with Crippen molar-refractivity contribution in [1.82, 2.24) is 9.97 Å². The van der Waals surface area contributed by atoms with Crippen LogP contribution in [0.2, 0.25) is 0 Å². The third-order valence-electron chi connectivity index (χ3n) is 2.88. The van der Waals surface area contributed by atoms with Gasteiger partial charge in [-0.2, -0.15) is 0 Å². The Labute approximate surface area is 96.3 Å². The number of ketones is 1. The van der Waals surface area contributed by atoms with Gasteiger partial charge in [0.15, 0.2) is 5.78 Å². The molecule has 86 valence electrons. The summed E-state index contributed by atoms with van der Waals surface area (Å²) < 4.78 is 0. The maximum Gasteiger partial charge on any atom is 0.166 e. The normalized spacial score (nSPS) is 16.1. The zero-order valence-electron chi connectivity index (χ0n) is 9.99. The van der Waals surface area contributed by atoms with Gasteiger partial charge in [0.25, 0.3) is 0 Å². The summed E-state index contributed by atoms with van der Waals surface area (Å²) in [5.74, 6) is 1.64. The van der Waals surface area contributed by atoms with Gasteiger partial charge in [-0.15, -0.1) is 0 Å². The summed E-state index contributed by atoms with van der Waals surface area (Å²) in [5, 5.41) is 0. The van der Waals surface area contributed by atoms with E-state index in [1.54, 1.807) is 6.20 Å². The molecule has 0 unspecified atom stereocenters. The molecular formula is C13H18N2O. The second-order valence-electron chi connectivity index (χ2n) is 4.87. The second-order valence-corrected chi connectivity index (χ2v) is 4.87. The first-order chi connectivity index (χ1) is 7.66. The molecule has 0 aliphatic heterocycles. The predicted octanol–water partition coefficient (Wildman–Crippen LogP) is 2.58. The summed E-state index contributed by atoms with van der Waals surface area (Å²) in [5.41, 5.74) is 1.72. The molecule has 0 radical (unpaired) electrons. The minimum absolute atomic E-state index is 0.212. The van der Waals surface area contributed by atoms with Gasteiger partial charge in [0, 0.05) is 19.0 Å². The summed E-state index contributed by atoms with van der Waals surface area (Å²) in [6.07, 6.45) is 6.25. The van der Waals surface area contributed by atoms with Gasteiger partial charge >= 0.3 is 0 Å². The van der Waals surface area contributed by atoms with Crippen molar-refractivity contribution in [2.24, 2.45) is 5.92 Å². The van der Waals surface area contributed by atoms with Crippen LogP contribution in [-0.2, 0) is 12.8 Å². The molecule has 3 nitrogen and oxygen atoms in total. The van der Waals surface area contributed by atoms with Gasteiger partial charge in [0.2, 0.25) is 0 Å². The van der Waals surface area contributed by atoms with E-state index in [1.165, 1.54) is 0 Å². The van der Waals surface area contributed by atoms with Crippen LogP contribution in [0.1, 0.15) is 55.0 Å². The van der Waals surface area contributed by atoms with Crippen molar-refractivity contribution in [3.05, 3.63) is 23.3 Å². The van der Waals surface area contributed by atoms with Gasteiger partial charge in [0.05, 0.1) is 11.3 Å². The Morgan fingerprint density at radius 3 is 2.81 bits per heavy atom. The van der Waals surface area contributed by atoms with Crippen molar-refractivity contribution in [2.75, 3.05) is 0 Å². The second kappa shape index (κ2) is 4.73. The van der Waals surface area contributed by atoms with Crippen molar-refractivity contribution < 1.29 is 4.79 Å². The van der Waals surface area contributed by atoms with Crippen LogP contribution >= 0.6 is 0 Å². The van der Waals surface area contributed by atoms with E-state index in [2.05, 4.69) is 23.8 Å². The number of Topliss-reactive ketones (excluding diaryl/α,β-unsaturated/α-hetero) is 1. The lowest BCUT2D eigenvalue weighted by atomic mass is 10.1. The molecule has 0 N–H and O–H groups in total. The highest BCUT2D eigenvalue weighted by atomic mass is 16.1. The molecular weight excluding hydrogens is 200 g/mol. The highest BCUT2D eigenvalue weighted by Gasteiger charge is 2.17. The standard InChI is InChI=1S/C13H18N2O/c1-9(2)7-13-14-8-10-11(15-13)5-3-4-6-12(10)16/h8-9H,3-7H2,1-2H3. The molecule has 0 bridgehead atoms.